The summed E-state index contributed by atoms with van der Waals surface area (Å²) >= 11 is 0. The molecular formula is C15H22N4O. The van der Waals surface area contributed by atoms with Gasteiger partial charge in [0.15, 0.2) is 0 Å². The summed E-state index contributed by atoms with van der Waals surface area (Å²) in [5, 5.41) is 3.15. The smallest absolute Gasteiger partial charge is 0.137 e. The van der Waals surface area contributed by atoms with Crippen LogP contribution in [0.1, 0.15) is 30.3 Å². The molecule has 0 aliphatic heterocycles. The molecule has 0 unspecified atom stereocenters. The first-order valence-corrected chi connectivity index (χ1v) is 6.93. The number of nitrogens with one attached hydrogen (secondary N) is 1. The van der Waals surface area contributed by atoms with E-state index >= 15 is 0 Å². The molecule has 0 fully saturated rings. The first-order chi connectivity index (χ1) is 9.65. The second kappa shape index (κ2) is 6.41. The minimum absolute atomic E-state index is 0.767. The number of nitrogens with zero attached hydrogens (tertiary/aromatic N) is 3. The van der Waals surface area contributed by atoms with Crippen molar-refractivity contribution >= 4 is 11.6 Å². The second-order valence-corrected chi connectivity index (χ2v) is 4.92. The Bertz CT molecular complexity index is 551. The van der Waals surface area contributed by atoms with E-state index in [0.717, 1.165) is 48.0 Å². The first-order valence-electron chi connectivity index (χ1n) is 6.93. The van der Waals surface area contributed by atoms with Crippen LogP contribution in [0.15, 0.2) is 23.0 Å². The zero-order valence-electron chi connectivity index (χ0n) is 12.6. The van der Waals surface area contributed by atoms with E-state index in [9.17, 15) is 0 Å². The fourth-order valence-corrected chi connectivity index (χ4v) is 2.23. The molecule has 0 aliphatic rings. The van der Waals surface area contributed by atoms with Gasteiger partial charge in [0.1, 0.15) is 17.5 Å². The van der Waals surface area contributed by atoms with Gasteiger partial charge in [-0.2, -0.15) is 0 Å². The van der Waals surface area contributed by atoms with Crippen molar-refractivity contribution in [2.24, 2.45) is 0 Å². The van der Waals surface area contributed by atoms with Gasteiger partial charge in [-0.3, -0.25) is 0 Å². The predicted octanol–water partition coefficient (Wildman–Crippen LogP) is 3.01. The zero-order valence-corrected chi connectivity index (χ0v) is 12.6. The van der Waals surface area contributed by atoms with E-state index in [1.165, 1.54) is 0 Å². The summed E-state index contributed by atoms with van der Waals surface area (Å²) in [4.78, 5) is 11.4. The molecule has 20 heavy (non-hydrogen) atoms. The Balaban J connectivity index is 2.30. The van der Waals surface area contributed by atoms with Crippen LogP contribution in [0.2, 0.25) is 0 Å². The van der Waals surface area contributed by atoms with Crippen molar-refractivity contribution in [3.8, 4) is 0 Å². The number of aryl methyl sites for hydroxylation is 1. The van der Waals surface area contributed by atoms with Gasteiger partial charge >= 0.3 is 0 Å². The van der Waals surface area contributed by atoms with Crippen LogP contribution in [0.3, 0.4) is 0 Å². The van der Waals surface area contributed by atoms with Crippen LogP contribution in [0, 0.1) is 6.92 Å². The van der Waals surface area contributed by atoms with Gasteiger partial charge in [0.2, 0.25) is 0 Å². The standard InChI is InChI=1S/C15H22N4O/c1-5-6-13-17-14(16-3)11(2)15(18-13)19(4)9-12-7-8-20-10-12/h7-8,10H,5-6,9H2,1-4H3,(H,16,17,18). The lowest BCUT2D eigenvalue weighted by Crippen LogP contribution is -2.20. The SMILES string of the molecule is CCCc1nc(NC)c(C)c(N(C)Cc2ccoc2)n1. The van der Waals surface area contributed by atoms with Crippen molar-refractivity contribution in [3.05, 3.63) is 35.5 Å². The summed E-state index contributed by atoms with van der Waals surface area (Å²) in [5.41, 5.74) is 2.20. The number of hydrogen-bond donors (Lipinski definition) is 1. The van der Waals surface area contributed by atoms with E-state index in [-0.39, 0.29) is 0 Å². The van der Waals surface area contributed by atoms with Crippen LogP contribution in [-0.4, -0.2) is 24.1 Å². The monoisotopic (exact) mass is 274 g/mol. The molecule has 5 nitrogen and oxygen atoms in total. The highest BCUT2D eigenvalue weighted by Gasteiger charge is 2.14. The Hall–Kier alpha value is -2.04. The largest absolute Gasteiger partial charge is 0.472 e. The van der Waals surface area contributed by atoms with Crippen LogP contribution < -0.4 is 10.2 Å². The third kappa shape index (κ3) is 3.10. The Morgan fingerprint density at radius 2 is 2.15 bits per heavy atom. The van der Waals surface area contributed by atoms with E-state index in [1.807, 2.05) is 27.1 Å². The Labute approximate surface area is 120 Å². The molecule has 0 atom stereocenters. The van der Waals surface area contributed by atoms with Crippen molar-refractivity contribution < 1.29 is 4.42 Å². The number of hydrogen-bond acceptors (Lipinski definition) is 5. The number of rotatable bonds is 6. The predicted molar refractivity (Wildman–Crippen MR) is 81.1 cm³/mol. The second-order valence-electron chi connectivity index (χ2n) is 4.92. The third-order valence-electron chi connectivity index (χ3n) is 3.24. The molecule has 1 N–H and O–H groups in total. The summed E-state index contributed by atoms with van der Waals surface area (Å²) < 4.78 is 5.12. The minimum atomic E-state index is 0.767. The topological polar surface area (TPSA) is 54.2 Å². The molecule has 0 radical (unpaired) electrons. The summed E-state index contributed by atoms with van der Waals surface area (Å²) in [6.45, 7) is 4.95. The van der Waals surface area contributed by atoms with Gasteiger partial charge in [0.05, 0.1) is 12.5 Å². The van der Waals surface area contributed by atoms with E-state index in [0.29, 0.717) is 0 Å². The van der Waals surface area contributed by atoms with Crippen molar-refractivity contribution in [3.63, 3.8) is 0 Å². The summed E-state index contributed by atoms with van der Waals surface area (Å²) in [7, 11) is 3.93. The molecular weight excluding hydrogens is 252 g/mol. The lowest BCUT2D eigenvalue weighted by Gasteiger charge is -2.21. The zero-order chi connectivity index (χ0) is 14.5. The number of furan rings is 1. The summed E-state index contributed by atoms with van der Waals surface area (Å²) in [5.74, 6) is 2.75. The molecule has 0 saturated carbocycles. The van der Waals surface area contributed by atoms with Gasteiger partial charge in [0.25, 0.3) is 0 Å². The van der Waals surface area contributed by atoms with E-state index in [2.05, 4.69) is 22.1 Å². The molecule has 2 aromatic heterocycles. The van der Waals surface area contributed by atoms with Gasteiger partial charge in [-0.1, -0.05) is 6.92 Å². The average Bonchev–Trinajstić information content (AvgIpc) is 2.93. The Kier molecular flexibility index (Phi) is 4.61. The highest BCUT2D eigenvalue weighted by molar-refractivity contribution is 5.58. The Morgan fingerprint density at radius 3 is 2.75 bits per heavy atom. The molecule has 0 amide bonds. The molecule has 0 aromatic carbocycles. The van der Waals surface area contributed by atoms with Gasteiger partial charge in [-0.25, -0.2) is 9.97 Å². The number of aromatic nitrogens is 2. The van der Waals surface area contributed by atoms with Crippen LogP contribution in [0.4, 0.5) is 11.6 Å². The van der Waals surface area contributed by atoms with Crippen LogP contribution >= 0.6 is 0 Å². The van der Waals surface area contributed by atoms with Crippen LogP contribution in [0.5, 0.6) is 0 Å². The molecule has 2 rings (SSSR count). The molecule has 0 bridgehead atoms. The van der Waals surface area contributed by atoms with E-state index < -0.39 is 0 Å². The molecule has 0 aliphatic carbocycles. The molecule has 2 aromatic rings. The highest BCUT2D eigenvalue weighted by atomic mass is 16.3. The van der Waals surface area contributed by atoms with Crippen LogP contribution in [0.25, 0.3) is 0 Å². The normalized spacial score (nSPS) is 10.6. The van der Waals surface area contributed by atoms with Crippen molar-refractivity contribution in [1.29, 1.82) is 0 Å². The van der Waals surface area contributed by atoms with E-state index in [4.69, 9.17) is 9.40 Å². The van der Waals surface area contributed by atoms with Crippen molar-refractivity contribution in [2.75, 3.05) is 24.3 Å². The first kappa shape index (κ1) is 14.4. The molecule has 0 saturated heterocycles. The fourth-order valence-electron chi connectivity index (χ4n) is 2.23. The van der Waals surface area contributed by atoms with Crippen LogP contribution in [-0.2, 0) is 13.0 Å². The minimum Gasteiger partial charge on any atom is -0.472 e. The maximum atomic E-state index is 5.12. The van der Waals surface area contributed by atoms with Gasteiger partial charge in [-0.15, -0.1) is 0 Å². The lowest BCUT2D eigenvalue weighted by atomic mass is 10.2. The maximum absolute atomic E-state index is 5.12. The van der Waals surface area contributed by atoms with Gasteiger partial charge < -0.3 is 14.6 Å². The van der Waals surface area contributed by atoms with Gasteiger partial charge in [0, 0.05) is 38.2 Å². The molecule has 108 valence electrons. The maximum Gasteiger partial charge on any atom is 0.137 e. The molecule has 5 heteroatoms. The highest BCUT2D eigenvalue weighted by Crippen LogP contribution is 2.24. The lowest BCUT2D eigenvalue weighted by molar-refractivity contribution is 0.563. The summed E-state index contributed by atoms with van der Waals surface area (Å²) in [6, 6.07) is 1.97. The summed E-state index contributed by atoms with van der Waals surface area (Å²) in [6.07, 6.45) is 5.38. The molecule has 2 heterocycles. The van der Waals surface area contributed by atoms with Gasteiger partial charge in [-0.05, 0) is 19.4 Å². The van der Waals surface area contributed by atoms with E-state index in [1.54, 1.807) is 12.5 Å². The Morgan fingerprint density at radius 1 is 1.35 bits per heavy atom. The van der Waals surface area contributed by atoms with Crippen molar-refractivity contribution in [2.45, 2.75) is 33.2 Å². The third-order valence-corrected chi connectivity index (χ3v) is 3.24. The van der Waals surface area contributed by atoms with Crippen molar-refractivity contribution in [1.82, 2.24) is 9.97 Å². The average molecular weight is 274 g/mol. The number of anilines is 2. The molecule has 0 spiro atoms. The quantitative estimate of drug-likeness (QED) is 0.877. The fraction of sp³-hybridized carbons (Fsp3) is 0.467.